The molecule has 0 atom stereocenters. The third-order valence-corrected chi connectivity index (χ3v) is 4.36. The Hall–Kier alpha value is -1.84. The number of nitrogens with zero attached hydrogens (tertiary/aromatic N) is 4. The van der Waals surface area contributed by atoms with Gasteiger partial charge in [0.2, 0.25) is 5.91 Å². The molecule has 1 saturated heterocycles. The van der Waals surface area contributed by atoms with Gasteiger partial charge in [-0.15, -0.1) is 24.0 Å². The van der Waals surface area contributed by atoms with E-state index in [9.17, 15) is 4.79 Å². The molecule has 8 heteroatoms. The van der Waals surface area contributed by atoms with Crippen LogP contribution in [0.5, 0.6) is 0 Å². The number of hydrogen-bond acceptors (Lipinski definition) is 3. The van der Waals surface area contributed by atoms with Crippen LogP contribution in [0.25, 0.3) is 5.65 Å². The zero-order valence-electron chi connectivity index (χ0n) is 14.6. The van der Waals surface area contributed by atoms with Crippen LogP contribution in [0.3, 0.4) is 0 Å². The number of fused-ring (bicyclic) bond motifs is 1. The number of guanidine groups is 1. The van der Waals surface area contributed by atoms with Crippen molar-refractivity contribution in [3.8, 4) is 0 Å². The highest BCUT2D eigenvalue weighted by atomic mass is 127. The van der Waals surface area contributed by atoms with E-state index in [1.807, 2.05) is 39.9 Å². The van der Waals surface area contributed by atoms with Crippen molar-refractivity contribution in [1.82, 2.24) is 24.9 Å². The standard InChI is InChI=1S/C17H24N6O.HI/c1-13(24)22-9-6-14(7-10-22)21-17(18-2)19-11-15-12-23-8-4-3-5-16(23)20-15;/h3-5,8,12,14H,6-7,9-11H2,1-2H3,(H2,18,19,21);1H. The SMILES string of the molecule is CN=C(NCc1cn2ccccc2n1)NC1CCN(C(C)=O)CC1.I. The molecule has 0 radical (unpaired) electrons. The maximum atomic E-state index is 11.4. The molecule has 136 valence electrons. The number of pyridine rings is 1. The zero-order chi connectivity index (χ0) is 16.9. The Bertz CT molecular complexity index is 703. The summed E-state index contributed by atoms with van der Waals surface area (Å²) in [4.78, 5) is 22.1. The fourth-order valence-corrected chi connectivity index (χ4v) is 2.97. The molecule has 0 aliphatic carbocycles. The van der Waals surface area contributed by atoms with Crippen LogP contribution in [0.1, 0.15) is 25.5 Å². The number of carbonyl (C=O) groups excluding carboxylic acids is 1. The molecule has 1 aliphatic rings. The number of rotatable bonds is 3. The van der Waals surface area contributed by atoms with Gasteiger partial charge in [0, 0.05) is 45.5 Å². The molecule has 0 unspecified atom stereocenters. The molecule has 7 nitrogen and oxygen atoms in total. The number of hydrogen-bond donors (Lipinski definition) is 2. The van der Waals surface area contributed by atoms with Crippen molar-refractivity contribution in [3.05, 3.63) is 36.3 Å². The van der Waals surface area contributed by atoms with Crippen molar-refractivity contribution in [1.29, 1.82) is 0 Å². The molecule has 0 spiro atoms. The number of aliphatic imine (C=N–C) groups is 1. The van der Waals surface area contributed by atoms with Crippen LogP contribution in [-0.4, -0.2) is 52.3 Å². The Morgan fingerprint density at radius 3 is 2.76 bits per heavy atom. The van der Waals surface area contributed by atoms with Crippen LogP contribution < -0.4 is 10.6 Å². The quantitative estimate of drug-likeness (QED) is 0.419. The molecule has 25 heavy (non-hydrogen) atoms. The van der Waals surface area contributed by atoms with Gasteiger partial charge in [-0.3, -0.25) is 9.79 Å². The summed E-state index contributed by atoms with van der Waals surface area (Å²) in [6, 6.07) is 6.29. The van der Waals surface area contributed by atoms with E-state index in [0.29, 0.717) is 12.6 Å². The average Bonchev–Trinajstić information content (AvgIpc) is 3.02. The van der Waals surface area contributed by atoms with E-state index in [4.69, 9.17) is 0 Å². The van der Waals surface area contributed by atoms with E-state index >= 15 is 0 Å². The maximum Gasteiger partial charge on any atom is 0.219 e. The zero-order valence-corrected chi connectivity index (χ0v) is 16.9. The average molecular weight is 456 g/mol. The summed E-state index contributed by atoms with van der Waals surface area (Å²) in [6.45, 7) is 3.85. The molecule has 0 aromatic carbocycles. The fourth-order valence-electron chi connectivity index (χ4n) is 2.97. The van der Waals surface area contributed by atoms with Crippen LogP contribution in [-0.2, 0) is 11.3 Å². The minimum absolute atomic E-state index is 0. The van der Waals surface area contributed by atoms with E-state index in [0.717, 1.165) is 43.2 Å². The van der Waals surface area contributed by atoms with Gasteiger partial charge in [0.25, 0.3) is 0 Å². The van der Waals surface area contributed by atoms with Gasteiger partial charge in [-0.05, 0) is 25.0 Å². The molecule has 1 amide bonds. The highest BCUT2D eigenvalue weighted by Gasteiger charge is 2.21. The van der Waals surface area contributed by atoms with Gasteiger partial charge in [0.1, 0.15) is 5.65 Å². The summed E-state index contributed by atoms with van der Waals surface area (Å²) in [6.07, 6.45) is 5.88. The van der Waals surface area contributed by atoms with E-state index in [1.54, 1.807) is 14.0 Å². The first-order valence-corrected chi connectivity index (χ1v) is 8.31. The summed E-state index contributed by atoms with van der Waals surface area (Å²) in [5.74, 6) is 0.927. The molecule has 2 N–H and O–H groups in total. The second-order valence-corrected chi connectivity index (χ2v) is 6.05. The van der Waals surface area contributed by atoms with Crippen LogP contribution in [0.4, 0.5) is 0 Å². The predicted molar refractivity (Wildman–Crippen MR) is 109 cm³/mol. The lowest BCUT2D eigenvalue weighted by Gasteiger charge is -2.32. The van der Waals surface area contributed by atoms with Crippen LogP contribution >= 0.6 is 24.0 Å². The van der Waals surface area contributed by atoms with E-state index in [-0.39, 0.29) is 29.9 Å². The molecular formula is C17H25IN6O. The molecule has 1 fully saturated rings. The number of aromatic nitrogens is 2. The Labute approximate surface area is 164 Å². The first kappa shape index (κ1) is 19.5. The third-order valence-electron chi connectivity index (χ3n) is 4.36. The number of likely N-dealkylation sites (tertiary alicyclic amines) is 1. The molecule has 0 saturated carbocycles. The van der Waals surface area contributed by atoms with Gasteiger partial charge in [-0.2, -0.15) is 0 Å². The van der Waals surface area contributed by atoms with Crippen LogP contribution in [0.2, 0.25) is 0 Å². The lowest BCUT2D eigenvalue weighted by molar-refractivity contribution is -0.129. The second-order valence-electron chi connectivity index (χ2n) is 6.05. The van der Waals surface area contributed by atoms with Gasteiger partial charge < -0.3 is 19.9 Å². The topological polar surface area (TPSA) is 74.0 Å². The largest absolute Gasteiger partial charge is 0.354 e. The number of carbonyl (C=O) groups is 1. The summed E-state index contributed by atoms with van der Waals surface area (Å²) in [7, 11) is 1.77. The van der Waals surface area contributed by atoms with Gasteiger partial charge >= 0.3 is 0 Å². The Kier molecular flexibility index (Phi) is 7.03. The van der Waals surface area contributed by atoms with Crippen molar-refractivity contribution in [3.63, 3.8) is 0 Å². The molecule has 0 bridgehead atoms. The van der Waals surface area contributed by atoms with Gasteiger partial charge in [0.05, 0.1) is 12.2 Å². The van der Waals surface area contributed by atoms with E-state index in [2.05, 4.69) is 20.6 Å². The molecular weight excluding hydrogens is 431 g/mol. The Morgan fingerprint density at radius 1 is 1.36 bits per heavy atom. The van der Waals surface area contributed by atoms with Crippen LogP contribution in [0.15, 0.2) is 35.6 Å². The van der Waals surface area contributed by atoms with Crippen molar-refractivity contribution in [2.75, 3.05) is 20.1 Å². The first-order chi connectivity index (χ1) is 11.7. The minimum atomic E-state index is 0. The Balaban J connectivity index is 0.00000225. The van der Waals surface area contributed by atoms with Crippen molar-refractivity contribution < 1.29 is 4.79 Å². The molecule has 1 aliphatic heterocycles. The lowest BCUT2D eigenvalue weighted by atomic mass is 10.1. The number of nitrogens with one attached hydrogen (secondary N) is 2. The third kappa shape index (κ3) is 5.07. The summed E-state index contributed by atoms with van der Waals surface area (Å²) in [5, 5.41) is 6.75. The Morgan fingerprint density at radius 2 is 2.12 bits per heavy atom. The summed E-state index contributed by atoms with van der Waals surface area (Å²) < 4.78 is 2.00. The number of amides is 1. The van der Waals surface area contributed by atoms with Gasteiger partial charge in [0.15, 0.2) is 5.96 Å². The van der Waals surface area contributed by atoms with Crippen molar-refractivity contribution in [2.45, 2.75) is 32.4 Å². The summed E-state index contributed by atoms with van der Waals surface area (Å²) >= 11 is 0. The molecule has 3 heterocycles. The van der Waals surface area contributed by atoms with Gasteiger partial charge in [-0.25, -0.2) is 4.98 Å². The monoisotopic (exact) mass is 456 g/mol. The van der Waals surface area contributed by atoms with Crippen molar-refractivity contribution >= 4 is 41.5 Å². The highest BCUT2D eigenvalue weighted by molar-refractivity contribution is 14.0. The van der Waals surface area contributed by atoms with Crippen molar-refractivity contribution in [2.24, 2.45) is 4.99 Å². The molecule has 2 aromatic heterocycles. The number of halogens is 1. The highest BCUT2D eigenvalue weighted by Crippen LogP contribution is 2.10. The molecule has 3 rings (SSSR count). The maximum absolute atomic E-state index is 11.4. The molecule has 2 aromatic rings. The first-order valence-electron chi connectivity index (χ1n) is 8.31. The smallest absolute Gasteiger partial charge is 0.219 e. The number of imidazole rings is 1. The fraction of sp³-hybridized carbons (Fsp3) is 0.471. The van der Waals surface area contributed by atoms with E-state index < -0.39 is 0 Å². The predicted octanol–water partition coefficient (Wildman–Crippen LogP) is 1.63. The lowest BCUT2D eigenvalue weighted by Crippen LogP contribution is -2.49. The number of piperidine rings is 1. The van der Waals surface area contributed by atoms with E-state index in [1.165, 1.54) is 0 Å². The second kappa shape index (κ2) is 9.02. The minimum Gasteiger partial charge on any atom is -0.354 e. The van der Waals surface area contributed by atoms with Crippen LogP contribution in [0, 0.1) is 0 Å². The normalized spacial score (nSPS) is 15.8. The summed E-state index contributed by atoms with van der Waals surface area (Å²) in [5.41, 5.74) is 1.91. The van der Waals surface area contributed by atoms with Gasteiger partial charge in [-0.1, -0.05) is 6.07 Å².